The van der Waals surface area contributed by atoms with E-state index < -0.39 is 0 Å². The predicted octanol–water partition coefficient (Wildman–Crippen LogP) is 3.83. The molecule has 1 unspecified atom stereocenters. The molecule has 0 aliphatic rings. The summed E-state index contributed by atoms with van der Waals surface area (Å²) in [6.07, 6.45) is 2.28. The van der Waals surface area contributed by atoms with Crippen molar-refractivity contribution < 1.29 is 4.74 Å². The van der Waals surface area contributed by atoms with Gasteiger partial charge in [0.05, 0.1) is 0 Å². The average Bonchev–Trinajstić information content (AvgIpc) is 2.42. The summed E-state index contributed by atoms with van der Waals surface area (Å²) in [7, 11) is 0. The zero-order valence-corrected chi connectivity index (χ0v) is 13.6. The van der Waals surface area contributed by atoms with Crippen LogP contribution in [0.2, 0.25) is 0 Å². The fourth-order valence-electron chi connectivity index (χ4n) is 2.34. The van der Waals surface area contributed by atoms with Crippen LogP contribution in [0.25, 0.3) is 0 Å². The van der Waals surface area contributed by atoms with E-state index in [4.69, 9.17) is 4.74 Å². The molecule has 1 aromatic rings. The molecule has 114 valence electrons. The summed E-state index contributed by atoms with van der Waals surface area (Å²) in [6, 6.07) is 8.71. The molecule has 0 saturated heterocycles. The normalized spacial score (nSPS) is 12.8. The van der Waals surface area contributed by atoms with E-state index in [-0.39, 0.29) is 0 Å². The van der Waals surface area contributed by atoms with E-state index in [1.54, 1.807) is 0 Å². The van der Waals surface area contributed by atoms with Gasteiger partial charge in [0.25, 0.3) is 0 Å². The monoisotopic (exact) mass is 277 g/mol. The lowest BCUT2D eigenvalue weighted by Crippen LogP contribution is -2.25. The van der Waals surface area contributed by atoms with Gasteiger partial charge in [0, 0.05) is 13.2 Å². The van der Waals surface area contributed by atoms with Gasteiger partial charge in [-0.1, -0.05) is 45.0 Å². The number of ether oxygens (including phenoxy) is 1. The SMILES string of the molecule is CCNCC(CCOCC(C)C)Cc1ccccc1C. The van der Waals surface area contributed by atoms with Crippen LogP contribution in [0, 0.1) is 18.8 Å². The van der Waals surface area contributed by atoms with Crippen molar-refractivity contribution in [3.05, 3.63) is 35.4 Å². The molecule has 1 N–H and O–H groups in total. The van der Waals surface area contributed by atoms with Gasteiger partial charge in [-0.3, -0.25) is 0 Å². The molecule has 0 amide bonds. The van der Waals surface area contributed by atoms with Gasteiger partial charge < -0.3 is 10.1 Å². The fourth-order valence-corrected chi connectivity index (χ4v) is 2.34. The second-order valence-electron chi connectivity index (χ2n) is 6.06. The summed E-state index contributed by atoms with van der Waals surface area (Å²) in [5.41, 5.74) is 2.87. The van der Waals surface area contributed by atoms with Gasteiger partial charge in [-0.25, -0.2) is 0 Å². The lowest BCUT2D eigenvalue weighted by molar-refractivity contribution is 0.0976. The van der Waals surface area contributed by atoms with Crippen LogP contribution in [-0.4, -0.2) is 26.3 Å². The molecule has 0 aromatic heterocycles. The van der Waals surface area contributed by atoms with Crippen LogP contribution in [0.5, 0.6) is 0 Å². The molecule has 1 aromatic carbocycles. The van der Waals surface area contributed by atoms with E-state index >= 15 is 0 Å². The Bertz CT molecular complexity index is 362. The number of aryl methyl sites for hydroxylation is 1. The largest absolute Gasteiger partial charge is 0.381 e. The number of hydrogen-bond donors (Lipinski definition) is 1. The summed E-state index contributed by atoms with van der Waals surface area (Å²) in [4.78, 5) is 0. The van der Waals surface area contributed by atoms with Gasteiger partial charge in [-0.2, -0.15) is 0 Å². The average molecular weight is 277 g/mol. The van der Waals surface area contributed by atoms with Crippen LogP contribution < -0.4 is 5.32 Å². The Morgan fingerprint density at radius 1 is 1.20 bits per heavy atom. The molecule has 0 saturated carbocycles. The van der Waals surface area contributed by atoms with E-state index in [1.165, 1.54) is 11.1 Å². The second-order valence-corrected chi connectivity index (χ2v) is 6.06. The zero-order valence-electron chi connectivity index (χ0n) is 13.6. The van der Waals surface area contributed by atoms with Crippen molar-refractivity contribution in [1.29, 1.82) is 0 Å². The Labute approximate surface area is 124 Å². The third-order valence-electron chi connectivity index (χ3n) is 3.57. The zero-order chi connectivity index (χ0) is 14.8. The smallest absolute Gasteiger partial charge is 0.0488 e. The molecule has 0 fully saturated rings. The Kier molecular flexibility index (Phi) is 8.56. The van der Waals surface area contributed by atoms with Gasteiger partial charge >= 0.3 is 0 Å². The van der Waals surface area contributed by atoms with Crippen molar-refractivity contribution in [2.75, 3.05) is 26.3 Å². The Morgan fingerprint density at radius 2 is 1.95 bits per heavy atom. The van der Waals surface area contributed by atoms with Crippen molar-refractivity contribution in [1.82, 2.24) is 5.32 Å². The maximum Gasteiger partial charge on any atom is 0.0488 e. The van der Waals surface area contributed by atoms with Crippen molar-refractivity contribution in [3.8, 4) is 0 Å². The second kappa shape index (κ2) is 9.95. The molecule has 2 nitrogen and oxygen atoms in total. The van der Waals surface area contributed by atoms with Gasteiger partial charge in [-0.05, 0) is 55.8 Å². The Balaban J connectivity index is 2.45. The van der Waals surface area contributed by atoms with Gasteiger partial charge in [0.1, 0.15) is 0 Å². The Morgan fingerprint density at radius 3 is 2.60 bits per heavy atom. The molecule has 0 aliphatic heterocycles. The van der Waals surface area contributed by atoms with E-state index in [0.717, 1.165) is 39.1 Å². The van der Waals surface area contributed by atoms with E-state index in [2.05, 4.69) is 57.3 Å². The van der Waals surface area contributed by atoms with E-state index in [1.807, 2.05) is 0 Å². The quantitative estimate of drug-likeness (QED) is 0.656. The van der Waals surface area contributed by atoms with E-state index in [9.17, 15) is 0 Å². The summed E-state index contributed by atoms with van der Waals surface area (Å²) in [5.74, 6) is 1.28. The van der Waals surface area contributed by atoms with Crippen LogP contribution in [0.15, 0.2) is 24.3 Å². The Hall–Kier alpha value is -0.860. The topological polar surface area (TPSA) is 21.3 Å². The van der Waals surface area contributed by atoms with Crippen LogP contribution in [0.3, 0.4) is 0 Å². The maximum absolute atomic E-state index is 5.75. The molecule has 1 atom stereocenters. The summed E-state index contributed by atoms with van der Waals surface area (Å²) in [6.45, 7) is 12.6. The minimum Gasteiger partial charge on any atom is -0.381 e. The highest BCUT2D eigenvalue weighted by Crippen LogP contribution is 2.16. The summed E-state index contributed by atoms with van der Waals surface area (Å²) >= 11 is 0. The molecular formula is C18H31NO. The van der Waals surface area contributed by atoms with Crippen molar-refractivity contribution in [2.45, 2.75) is 40.5 Å². The van der Waals surface area contributed by atoms with Crippen molar-refractivity contribution >= 4 is 0 Å². The molecule has 1 rings (SSSR count). The van der Waals surface area contributed by atoms with Gasteiger partial charge in [0.15, 0.2) is 0 Å². The molecule has 2 heteroatoms. The standard InChI is InChI=1S/C18H31NO/c1-5-19-13-17(10-11-20-14-15(2)3)12-18-9-7-6-8-16(18)4/h6-9,15,17,19H,5,10-14H2,1-4H3. The first-order valence-corrected chi connectivity index (χ1v) is 7.96. The van der Waals surface area contributed by atoms with Crippen LogP contribution >= 0.6 is 0 Å². The number of rotatable bonds is 10. The highest BCUT2D eigenvalue weighted by Gasteiger charge is 2.11. The molecule has 20 heavy (non-hydrogen) atoms. The van der Waals surface area contributed by atoms with Crippen LogP contribution in [0.1, 0.15) is 38.3 Å². The molecule has 0 bridgehead atoms. The lowest BCUT2D eigenvalue weighted by Gasteiger charge is -2.19. The molecule has 0 heterocycles. The third kappa shape index (κ3) is 7.06. The molecule has 0 spiro atoms. The minimum atomic E-state index is 0.624. The van der Waals surface area contributed by atoms with Crippen molar-refractivity contribution in [2.24, 2.45) is 11.8 Å². The van der Waals surface area contributed by atoms with E-state index in [0.29, 0.717) is 11.8 Å². The molecule has 0 radical (unpaired) electrons. The first-order chi connectivity index (χ1) is 9.63. The minimum absolute atomic E-state index is 0.624. The summed E-state index contributed by atoms with van der Waals surface area (Å²) in [5, 5.41) is 3.48. The predicted molar refractivity (Wildman–Crippen MR) is 87.2 cm³/mol. The highest BCUT2D eigenvalue weighted by atomic mass is 16.5. The first kappa shape index (κ1) is 17.2. The lowest BCUT2D eigenvalue weighted by atomic mass is 9.94. The van der Waals surface area contributed by atoms with Gasteiger partial charge in [0.2, 0.25) is 0 Å². The summed E-state index contributed by atoms with van der Waals surface area (Å²) < 4.78 is 5.75. The fraction of sp³-hybridized carbons (Fsp3) is 0.667. The number of nitrogens with one attached hydrogen (secondary N) is 1. The highest BCUT2D eigenvalue weighted by molar-refractivity contribution is 5.25. The third-order valence-corrected chi connectivity index (χ3v) is 3.57. The molecular weight excluding hydrogens is 246 g/mol. The van der Waals surface area contributed by atoms with Crippen molar-refractivity contribution in [3.63, 3.8) is 0 Å². The molecule has 0 aliphatic carbocycles. The van der Waals surface area contributed by atoms with Crippen LogP contribution in [0.4, 0.5) is 0 Å². The van der Waals surface area contributed by atoms with Gasteiger partial charge in [-0.15, -0.1) is 0 Å². The maximum atomic E-state index is 5.75. The number of benzene rings is 1. The van der Waals surface area contributed by atoms with Crippen LogP contribution in [-0.2, 0) is 11.2 Å². The number of hydrogen-bond acceptors (Lipinski definition) is 2. The first-order valence-electron chi connectivity index (χ1n) is 7.96.